The number of non-ortho nitro benzene ring substituents is 1. The van der Waals surface area contributed by atoms with E-state index in [1.165, 1.54) is 28.3 Å². The van der Waals surface area contributed by atoms with Gasteiger partial charge in [0.1, 0.15) is 0 Å². The molecule has 1 saturated heterocycles. The van der Waals surface area contributed by atoms with E-state index in [0.29, 0.717) is 16.4 Å². The molecule has 2 aromatic rings. The Labute approximate surface area is 191 Å². The Hall–Kier alpha value is -3.13. The lowest BCUT2D eigenvalue weighted by Gasteiger charge is -2.45. The van der Waals surface area contributed by atoms with Gasteiger partial charge in [0.15, 0.2) is 0 Å². The van der Waals surface area contributed by atoms with Gasteiger partial charge in [0.05, 0.1) is 16.4 Å². The zero-order valence-electron chi connectivity index (χ0n) is 18.5. The molecule has 2 aromatic carbocycles. The summed E-state index contributed by atoms with van der Waals surface area (Å²) in [5.41, 5.74) is 4.03. The highest BCUT2D eigenvalue weighted by molar-refractivity contribution is 8.18. The molecule has 1 fully saturated rings. The van der Waals surface area contributed by atoms with E-state index in [1.807, 2.05) is 6.07 Å². The van der Waals surface area contributed by atoms with Crippen molar-refractivity contribution in [2.24, 2.45) is 0 Å². The molecule has 1 unspecified atom stereocenters. The number of nitrogens with zero attached hydrogens (tertiary/aromatic N) is 3. The van der Waals surface area contributed by atoms with Gasteiger partial charge in [-0.05, 0) is 72.8 Å². The summed E-state index contributed by atoms with van der Waals surface area (Å²) in [6.45, 7) is 6.78. The fourth-order valence-corrected chi connectivity index (χ4v) is 5.22. The van der Waals surface area contributed by atoms with Gasteiger partial charge >= 0.3 is 0 Å². The summed E-state index contributed by atoms with van der Waals surface area (Å²) in [7, 11) is 2.11. The number of benzene rings is 2. The number of anilines is 1. The molecule has 2 aliphatic heterocycles. The fraction of sp³-hybridized carbons (Fsp3) is 0.333. The summed E-state index contributed by atoms with van der Waals surface area (Å²) < 4.78 is 0. The van der Waals surface area contributed by atoms with Gasteiger partial charge in [0, 0.05) is 30.4 Å². The topological polar surface area (TPSA) is 83.8 Å². The van der Waals surface area contributed by atoms with Crippen LogP contribution in [-0.4, -0.2) is 33.6 Å². The summed E-state index contributed by atoms with van der Waals surface area (Å²) in [6.07, 6.45) is 2.80. The van der Waals surface area contributed by atoms with Crippen LogP contribution in [-0.2, 0) is 11.3 Å². The van der Waals surface area contributed by atoms with Gasteiger partial charge < -0.3 is 4.90 Å². The SMILES string of the molecule is CC1CC(C)(C)N(C)c2ccc(/C=C3\SC(=O)N(Cc4ccc([N+](=O)[O-])cc4)C3=O)cc21. The zero-order chi connectivity index (χ0) is 23.2. The Kier molecular flexibility index (Phi) is 5.58. The second kappa shape index (κ2) is 8.09. The summed E-state index contributed by atoms with van der Waals surface area (Å²) >= 11 is 0.922. The molecule has 32 heavy (non-hydrogen) atoms. The molecular weight excluding hydrogens is 426 g/mol. The van der Waals surface area contributed by atoms with Crippen LogP contribution in [0.1, 0.15) is 49.8 Å². The van der Waals surface area contributed by atoms with Crippen molar-refractivity contribution in [2.75, 3.05) is 11.9 Å². The van der Waals surface area contributed by atoms with Crippen LogP contribution in [0.5, 0.6) is 0 Å². The van der Waals surface area contributed by atoms with Gasteiger partial charge in [-0.3, -0.25) is 24.6 Å². The van der Waals surface area contributed by atoms with Crippen molar-refractivity contribution in [1.82, 2.24) is 4.90 Å². The molecule has 2 aliphatic rings. The number of rotatable bonds is 4. The minimum Gasteiger partial charge on any atom is -0.369 e. The highest BCUT2D eigenvalue weighted by Gasteiger charge is 2.36. The monoisotopic (exact) mass is 451 g/mol. The van der Waals surface area contributed by atoms with Crippen LogP contribution >= 0.6 is 11.8 Å². The highest BCUT2D eigenvalue weighted by atomic mass is 32.2. The minimum atomic E-state index is -0.481. The number of hydrogen-bond donors (Lipinski definition) is 0. The van der Waals surface area contributed by atoms with Crippen LogP contribution in [0, 0.1) is 10.1 Å². The Bertz CT molecular complexity index is 1140. The van der Waals surface area contributed by atoms with Gasteiger partial charge in [-0.15, -0.1) is 0 Å². The van der Waals surface area contributed by atoms with Gasteiger partial charge in [0.25, 0.3) is 16.8 Å². The maximum Gasteiger partial charge on any atom is 0.293 e. The quantitative estimate of drug-likeness (QED) is 0.344. The van der Waals surface area contributed by atoms with Gasteiger partial charge in [0.2, 0.25) is 0 Å². The van der Waals surface area contributed by atoms with E-state index < -0.39 is 4.92 Å². The number of amides is 2. The zero-order valence-corrected chi connectivity index (χ0v) is 19.3. The van der Waals surface area contributed by atoms with E-state index in [4.69, 9.17) is 0 Å². The van der Waals surface area contributed by atoms with Crippen molar-refractivity contribution < 1.29 is 14.5 Å². The molecular formula is C24H25N3O4S. The predicted octanol–water partition coefficient (Wildman–Crippen LogP) is 5.55. The number of nitro groups is 1. The van der Waals surface area contributed by atoms with Gasteiger partial charge in [-0.1, -0.05) is 25.1 Å². The average molecular weight is 452 g/mol. The number of imide groups is 1. The maximum absolute atomic E-state index is 12.9. The van der Waals surface area contributed by atoms with Gasteiger partial charge in [-0.2, -0.15) is 0 Å². The van der Waals surface area contributed by atoms with Gasteiger partial charge in [-0.25, -0.2) is 0 Å². The Balaban J connectivity index is 1.55. The van der Waals surface area contributed by atoms with Crippen LogP contribution < -0.4 is 4.90 Å². The van der Waals surface area contributed by atoms with Crippen molar-refractivity contribution in [3.8, 4) is 0 Å². The summed E-state index contributed by atoms with van der Waals surface area (Å²) in [5.74, 6) is 0.0455. The molecule has 2 heterocycles. The number of thioether (sulfide) groups is 1. The normalized spacial score (nSPS) is 21.2. The van der Waals surface area contributed by atoms with E-state index >= 15 is 0 Å². The Morgan fingerprint density at radius 3 is 2.53 bits per heavy atom. The Morgan fingerprint density at radius 1 is 1.19 bits per heavy atom. The molecule has 2 amide bonds. The van der Waals surface area contributed by atoms with E-state index in [0.717, 1.165) is 23.7 Å². The third kappa shape index (κ3) is 4.02. The van der Waals surface area contributed by atoms with Crippen molar-refractivity contribution >= 4 is 40.4 Å². The lowest BCUT2D eigenvalue weighted by atomic mass is 9.80. The van der Waals surface area contributed by atoms with Crippen LogP contribution in [0.25, 0.3) is 6.08 Å². The molecule has 0 bridgehead atoms. The van der Waals surface area contributed by atoms with Crippen molar-refractivity contribution in [3.05, 3.63) is 74.2 Å². The van der Waals surface area contributed by atoms with Crippen LogP contribution in [0.4, 0.5) is 16.2 Å². The standard InChI is InChI=1S/C24H25N3O4S/c1-15-13-24(2,3)25(4)20-10-7-17(11-19(15)20)12-21-22(28)26(23(29)32-21)14-16-5-8-18(9-6-16)27(30)31/h5-12,15H,13-14H2,1-4H3/b21-12-. The molecule has 166 valence electrons. The maximum atomic E-state index is 12.9. The highest BCUT2D eigenvalue weighted by Crippen LogP contribution is 2.43. The van der Waals surface area contributed by atoms with Crippen molar-refractivity contribution in [3.63, 3.8) is 0 Å². The van der Waals surface area contributed by atoms with Crippen LogP contribution in [0.3, 0.4) is 0 Å². The molecule has 0 N–H and O–H groups in total. The van der Waals surface area contributed by atoms with Crippen molar-refractivity contribution in [1.29, 1.82) is 0 Å². The van der Waals surface area contributed by atoms with E-state index in [1.54, 1.807) is 18.2 Å². The fourth-order valence-electron chi connectivity index (χ4n) is 4.38. The smallest absolute Gasteiger partial charge is 0.293 e. The summed E-state index contributed by atoms with van der Waals surface area (Å²) in [6, 6.07) is 12.0. The molecule has 0 saturated carbocycles. The first-order chi connectivity index (χ1) is 15.1. The number of carbonyl (C=O) groups excluding carboxylic acids is 2. The van der Waals surface area contributed by atoms with E-state index in [-0.39, 0.29) is 28.9 Å². The molecule has 0 aromatic heterocycles. The summed E-state index contributed by atoms with van der Waals surface area (Å²) in [5, 5.41) is 10.5. The van der Waals surface area contributed by atoms with Crippen LogP contribution in [0.2, 0.25) is 0 Å². The third-order valence-corrected chi connectivity index (χ3v) is 7.22. The molecule has 4 rings (SSSR count). The molecule has 8 heteroatoms. The largest absolute Gasteiger partial charge is 0.369 e. The lowest BCUT2D eigenvalue weighted by Crippen LogP contribution is -2.45. The molecule has 7 nitrogen and oxygen atoms in total. The third-order valence-electron chi connectivity index (χ3n) is 6.32. The summed E-state index contributed by atoms with van der Waals surface area (Å²) in [4.78, 5) is 39.5. The Morgan fingerprint density at radius 2 is 1.88 bits per heavy atom. The van der Waals surface area contributed by atoms with E-state index in [2.05, 4.69) is 44.9 Å². The predicted molar refractivity (Wildman–Crippen MR) is 127 cm³/mol. The molecule has 1 atom stereocenters. The minimum absolute atomic E-state index is 0.0292. The van der Waals surface area contributed by atoms with Crippen LogP contribution in [0.15, 0.2) is 47.4 Å². The molecule has 0 spiro atoms. The number of carbonyl (C=O) groups is 2. The first kappa shape index (κ1) is 22.1. The molecule has 0 aliphatic carbocycles. The van der Waals surface area contributed by atoms with E-state index in [9.17, 15) is 19.7 Å². The number of fused-ring (bicyclic) bond motifs is 1. The average Bonchev–Trinajstić information content (AvgIpc) is 2.99. The number of nitro benzene ring substituents is 1. The lowest BCUT2D eigenvalue weighted by molar-refractivity contribution is -0.384. The number of hydrogen-bond acceptors (Lipinski definition) is 6. The first-order valence-electron chi connectivity index (χ1n) is 10.4. The van der Waals surface area contributed by atoms with Crippen molar-refractivity contribution in [2.45, 2.75) is 45.2 Å². The second-order valence-corrected chi connectivity index (χ2v) is 9.98. The first-order valence-corrected chi connectivity index (χ1v) is 11.2. The molecule has 0 radical (unpaired) electrons. The second-order valence-electron chi connectivity index (χ2n) is 8.99.